The van der Waals surface area contributed by atoms with Gasteiger partial charge in [-0.25, -0.2) is 4.98 Å². The number of aromatic nitrogens is 2. The Morgan fingerprint density at radius 1 is 1.09 bits per heavy atom. The van der Waals surface area contributed by atoms with Crippen molar-refractivity contribution in [2.75, 3.05) is 5.32 Å². The topological polar surface area (TPSA) is 54.9 Å². The number of carbonyl (C=O) groups is 1. The highest BCUT2D eigenvalue weighted by atomic mass is 16.1. The average molecular weight is 305 g/mol. The molecule has 3 aromatic rings. The fourth-order valence-corrected chi connectivity index (χ4v) is 2.48. The molecule has 0 bridgehead atoms. The van der Waals surface area contributed by atoms with Gasteiger partial charge in [-0.3, -0.25) is 9.78 Å². The van der Waals surface area contributed by atoms with Gasteiger partial charge in [0.15, 0.2) is 0 Å². The monoisotopic (exact) mass is 305 g/mol. The zero-order valence-electron chi connectivity index (χ0n) is 13.1. The maximum atomic E-state index is 12.4. The molecule has 0 saturated heterocycles. The standard InChI is InChI=1S/C19H19N3O/c1-2-3-6-14-9-10-17(21-13-14)19(23)22-18-16-8-5-4-7-15(16)11-12-20-18/h4-5,7-13H,2-3,6H2,1H3,(H,20,22,23). The molecule has 23 heavy (non-hydrogen) atoms. The van der Waals surface area contributed by atoms with Crippen LogP contribution in [0.5, 0.6) is 0 Å². The number of amides is 1. The third kappa shape index (κ3) is 3.54. The lowest BCUT2D eigenvalue weighted by atomic mass is 10.1. The highest BCUT2D eigenvalue weighted by molar-refractivity contribution is 6.07. The maximum absolute atomic E-state index is 12.4. The predicted octanol–water partition coefficient (Wildman–Crippen LogP) is 4.22. The van der Waals surface area contributed by atoms with Crippen LogP contribution in [-0.2, 0) is 6.42 Å². The third-order valence-electron chi connectivity index (χ3n) is 3.78. The number of unbranched alkanes of at least 4 members (excludes halogenated alkanes) is 1. The van der Waals surface area contributed by atoms with E-state index in [1.807, 2.05) is 36.4 Å². The molecule has 0 radical (unpaired) electrons. The SMILES string of the molecule is CCCCc1ccc(C(=O)Nc2nccc3ccccc23)nc1. The molecule has 0 aliphatic rings. The molecule has 1 N–H and O–H groups in total. The van der Waals surface area contributed by atoms with Gasteiger partial charge in [0.1, 0.15) is 11.5 Å². The predicted molar refractivity (Wildman–Crippen MR) is 92.5 cm³/mol. The number of hydrogen-bond acceptors (Lipinski definition) is 3. The molecule has 1 aromatic carbocycles. The van der Waals surface area contributed by atoms with Crippen LogP contribution >= 0.6 is 0 Å². The third-order valence-corrected chi connectivity index (χ3v) is 3.78. The first-order valence-corrected chi connectivity index (χ1v) is 7.88. The van der Waals surface area contributed by atoms with Crippen molar-refractivity contribution in [3.63, 3.8) is 0 Å². The Morgan fingerprint density at radius 2 is 1.96 bits per heavy atom. The van der Waals surface area contributed by atoms with Gasteiger partial charge in [-0.05, 0) is 35.9 Å². The van der Waals surface area contributed by atoms with Crippen molar-refractivity contribution >= 4 is 22.5 Å². The van der Waals surface area contributed by atoms with Gasteiger partial charge in [0.2, 0.25) is 0 Å². The van der Waals surface area contributed by atoms with Crippen molar-refractivity contribution < 1.29 is 4.79 Å². The normalized spacial score (nSPS) is 10.7. The quantitative estimate of drug-likeness (QED) is 0.767. The van der Waals surface area contributed by atoms with Crippen LogP contribution in [0, 0.1) is 0 Å². The highest BCUT2D eigenvalue weighted by Crippen LogP contribution is 2.20. The van der Waals surface area contributed by atoms with Crippen LogP contribution in [0.2, 0.25) is 0 Å². The summed E-state index contributed by atoms with van der Waals surface area (Å²) in [6, 6.07) is 13.5. The number of carbonyl (C=O) groups excluding carboxylic acids is 1. The van der Waals surface area contributed by atoms with Gasteiger partial charge in [0.05, 0.1) is 0 Å². The number of nitrogens with zero attached hydrogens (tertiary/aromatic N) is 2. The van der Waals surface area contributed by atoms with Crippen molar-refractivity contribution in [1.29, 1.82) is 0 Å². The number of pyridine rings is 2. The Bertz CT molecular complexity index is 807. The summed E-state index contributed by atoms with van der Waals surface area (Å²) in [7, 11) is 0. The summed E-state index contributed by atoms with van der Waals surface area (Å²) in [6.45, 7) is 2.16. The number of rotatable bonds is 5. The minimum Gasteiger partial charge on any atom is -0.305 e. The molecule has 4 heteroatoms. The van der Waals surface area contributed by atoms with Crippen molar-refractivity contribution in [3.8, 4) is 0 Å². The minimum atomic E-state index is -0.240. The van der Waals surface area contributed by atoms with Crippen LogP contribution in [0.4, 0.5) is 5.82 Å². The first kappa shape index (κ1) is 15.2. The van der Waals surface area contributed by atoms with Gasteiger partial charge in [0, 0.05) is 17.8 Å². The molecule has 0 aliphatic carbocycles. The van der Waals surface area contributed by atoms with E-state index in [4.69, 9.17) is 0 Å². The highest BCUT2D eigenvalue weighted by Gasteiger charge is 2.10. The van der Waals surface area contributed by atoms with Gasteiger partial charge in [-0.2, -0.15) is 0 Å². The number of aryl methyl sites for hydroxylation is 1. The lowest BCUT2D eigenvalue weighted by Gasteiger charge is -2.07. The Morgan fingerprint density at radius 3 is 2.74 bits per heavy atom. The van der Waals surface area contributed by atoms with Crippen LogP contribution in [-0.4, -0.2) is 15.9 Å². The minimum absolute atomic E-state index is 0.240. The Balaban J connectivity index is 1.78. The summed E-state index contributed by atoms with van der Waals surface area (Å²) in [5, 5.41) is 4.81. The number of hydrogen-bond donors (Lipinski definition) is 1. The molecule has 3 rings (SSSR count). The molecule has 0 spiro atoms. The molecule has 0 unspecified atom stereocenters. The molecule has 2 heterocycles. The zero-order chi connectivity index (χ0) is 16.1. The van der Waals surface area contributed by atoms with Crippen LogP contribution in [0.15, 0.2) is 54.9 Å². The van der Waals surface area contributed by atoms with Crippen molar-refractivity contribution in [2.24, 2.45) is 0 Å². The van der Waals surface area contributed by atoms with Gasteiger partial charge in [0.25, 0.3) is 5.91 Å². The zero-order valence-corrected chi connectivity index (χ0v) is 13.1. The summed E-state index contributed by atoms with van der Waals surface area (Å²) < 4.78 is 0. The Labute approximate surface area is 135 Å². The maximum Gasteiger partial charge on any atom is 0.275 e. The second kappa shape index (κ2) is 7.01. The van der Waals surface area contributed by atoms with E-state index in [9.17, 15) is 4.79 Å². The fraction of sp³-hybridized carbons (Fsp3) is 0.211. The lowest BCUT2D eigenvalue weighted by Crippen LogP contribution is -2.14. The lowest BCUT2D eigenvalue weighted by molar-refractivity contribution is 0.102. The van der Waals surface area contributed by atoms with Crippen molar-refractivity contribution in [2.45, 2.75) is 26.2 Å². The van der Waals surface area contributed by atoms with Gasteiger partial charge >= 0.3 is 0 Å². The largest absolute Gasteiger partial charge is 0.305 e. The number of anilines is 1. The van der Waals surface area contributed by atoms with Gasteiger partial charge < -0.3 is 5.32 Å². The molecule has 0 atom stereocenters. The Kier molecular flexibility index (Phi) is 4.62. The van der Waals surface area contributed by atoms with E-state index >= 15 is 0 Å². The molecule has 0 saturated carbocycles. The van der Waals surface area contributed by atoms with Crippen molar-refractivity contribution in [1.82, 2.24) is 9.97 Å². The molecule has 2 aromatic heterocycles. The summed E-state index contributed by atoms with van der Waals surface area (Å²) >= 11 is 0. The van der Waals surface area contributed by atoms with E-state index in [1.54, 1.807) is 18.5 Å². The second-order valence-electron chi connectivity index (χ2n) is 5.49. The number of nitrogens with one attached hydrogen (secondary N) is 1. The van der Waals surface area contributed by atoms with E-state index in [0.29, 0.717) is 11.5 Å². The molecule has 1 amide bonds. The summed E-state index contributed by atoms with van der Waals surface area (Å²) in [6.07, 6.45) is 6.75. The molecule has 4 nitrogen and oxygen atoms in total. The van der Waals surface area contributed by atoms with Gasteiger partial charge in [-0.15, -0.1) is 0 Å². The van der Waals surface area contributed by atoms with Crippen LogP contribution in [0.1, 0.15) is 35.8 Å². The fourth-order valence-electron chi connectivity index (χ4n) is 2.48. The molecular formula is C19H19N3O. The Hall–Kier alpha value is -2.75. The van der Waals surface area contributed by atoms with E-state index in [2.05, 4.69) is 22.2 Å². The molecule has 116 valence electrons. The summed E-state index contributed by atoms with van der Waals surface area (Å²) in [5.74, 6) is 0.320. The molecule has 0 fully saturated rings. The molecule has 0 aliphatic heterocycles. The number of fused-ring (bicyclic) bond motifs is 1. The van der Waals surface area contributed by atoms with Crippen molar-refractivity contribution in [3.05, 3.63) is 66.1 Å². The average Bonchev–Trinajstić information content (AvgIpc) is 2.60. The van der Waals surface area contributed by atoms with Crippen LogP contribution in [0.3, 0.4) is 0 Å². The number of benzene rings is 1. The first-order valence-electron chi connectivity index (χ1n) is 7.88. The summed E-state index contributed by atoms with van der Waals surface area (Å²) in [5.41, 5.74) is 1.56. The van der Waals surface area contributed by atoms with E-state index < -0.39 is 0 Å². The van der Waals surface area contributed by atoms with E-state index in [0.717, 1.165) is 35.6 Å². The van der Waals surface area contributed by atoms with Gasteiger partial charge in [-0.1, -0.05) is 43.7 Å². The second-order valence-corrected chi connectivity index (χ2v) is 5.49. The van der Waals surface area contributed by atoms with E-state index in [-0.39, 0.29) is 5.91 Å². The van der Waals surface area contributed by atoms with E-state index in [1.165, 1.54) is 0 Å². The van der Waals surface area contributed by atoms with Crippen LogP contribution in [0.25, 0.3) is 10.8 Å². The molecular weight excluding hydrogens is 286 g/mol. The van der Waals surface area contributed by atoms with Crippen LogP contribution < -0.4 is 5.32 Å². The smallest absolute Gasteiger partial charge is 0.275 e. The first-order chi connectivity index (χ1) is 11.3. The summed E-state index contributed by atoms with van der Waals surface area (Å²) in [4.78, 5) is 20.9.